The van der Waals surface area contributed by atoms with Crippen LogP contribution in [-0.2, 0) is 10.2 Å². The third-order valence-electron chi connectivity index (χ3n) is 5.03. The summed E-state index contributed by atoms with van der Waals surface area (Å²) >= 11 is 0. The molecule has 3 rings (SSSR count). The molecule has 1 aromatic heterocycles. The van der Waals surface area contributed by atoms with Crippen LogP contribution >= 0.6 is 0 Å². The number of aromatic amines is 1. The Bertz CT molecular complexity index is 575. The first-order chi connectivity index (χ1) is 11.4. The molecule has 1 saturated heterocycles. The summed E-state index contributed by atoms with van der Waals surface area (Å²) < 4.78 is 5.37. The Kier molecular flexibility index (Phi) is 4.94. The van der Waals surface area contributed by atoms with Crippen LogP contribution in [0.4, 0.5) is 0 Å². The molecule has 1 saturated carbocycles. The summed E-state index contributed by atoms with van der Waals surface area (Å²) in [5.41, 5.74) is 1.22. The number of nitrogens with one attached hydrogen (secondary N) is 2. The number of aromatic nitrogens is 2. The van der Waals surface area contributed by atoms with E-state index in [2.05, 4.69) is 41.2 Å². The van der Waals surface area contributed by atoms with Crippen molar-refractivity contribution >= 4 is 5.91 Å². The Morgan fingerprint density at radius 2 is 2.08 bits per heavy atom. The van der Waals surface area contributed by atoms with Gasteiger partial charge >= 0.3 is 0 Å². The summed E-state index contributed by atoms with van der Waals surface area (Å²) in [7, 11) is 0. The Morgan fingerprint density at radius 1 is 1.38 bits per heavy atom. The summed E-state index contributed by atoms with van der Waals surface area (Å²) in [6, 6.07) is 1.67. The molecule has 134 valence electrons. The predicted molar refractivity (Wildman–Crippen MR) is 90.0 cm³/mol. The van der Waals surface area contributed by atoms with Gasteiger partial charge in [-0.3, -0.25) is 14.8 Å². The summed E-state index contributed by atoms with van der Waals surface area (Å²) in [4.78, 5) is 14.7. The number of hydrogen-bond donors (Lipinski definition) is 3. The van der Waals surface area contributed by atoms with Crippen LogP contribution in [0.5, 0.6) is 0 Å². The van der Waals surface area contributed by atoms with Crippen molar-refractivity contribution in [2.75, 3.05) is 26.3 Å². The Hall–Kier alpha value is -1.44. The highest BCUT2D eigenvalue weighted by Gasteiger charge is 2.39. The molecule has 3 atom stereocenters. The second-order valence-electron chi connectivity index (χ2n) is 7.78. The van der Waals surface area contributed by atoms with E-state index in [9.17, 15) is 9.90 Å². The standard InChI is InChI=1S/C17H28N4O3/c1-17(2,3)14-10-12(19-20-14)16(23)18-11-4-5-13(15(11)22)21-6-8-24-9-7-21/h10-11,13,15,22H,4-9H2,1-3H3,(H,18,23)(H,19,20)/t11-,13-,15-/m1/s1. The molecule has 7 heteroatoms. The van der Waals surface area contributed by atoms with Gasteiger partial charge in [0.15, 0.2) is 0 Å². The third-order valence-corrected chi connectivity index (χ3v) is 5.03. The monoisotopic (exact) mass is 336 g/mol. The molecule has 0 bridgehead atoms. The minimum Gasteiger partial charge on any atom is -0.389 e. The number of carbonyl (C=O) groups excluding carboxylic acids is 1. The van der Waals surface area contributed by atoms with E-state index in [1.807, 2.05) is 0 Å². The first-order valence-electron chi connectivity index (χ1n) is 8.73. The smallest absolute Gasteiger partial charge is 0.272 e. The van der Waals surface area contributed by atoms with Crippen LogP contribution in [0.25, 0.3) is 0 Å². The molecular formula is C17H28N4O3. The number of amides is 1. The van der Waals surface area contributed by atoms with E-state index in [1.54, 1.807) is 6.07 Å². The maximum atomic E-state index is 12.4. The molecule has 2 aliphatic rings. The zero-order valence-corrected chi connectivity index (χ0v) is 14.7. The fraction of sp³-hybridized carbons (Fsp3) is 0.765. The molecule has 0 spiro atoms. The minimum atomic E-state index is -0.548. The number of rotatable bonds is 3. The summed E-state index contributed by atoms with van der Waals surface area (Å²) in [6.07, 6.45) is 1.12. The molecule has 0 unspecified atom stereocenters. The van der Waals surface area contributed by atoms with E-state index in [4.69, 9.17) is 4.74 Å². The molecular weight excluding hydrogens is 308 g/mol. The number of nitrogens with zero attached hydrogens (tertiary/aromatic N) is 2. The third kappa shape index (κ3) is 3.63. The molecule has 7 nitrogen and oxygen atoms in total. The van der Waals surface area contributed by atoms with Crippen molar-refractivity contribution in [3.8, 4) is 0 Å². The number of ether oxygens (including phenoxy) is 1. The largest absolute Gasteiger partial charge is 0.389 e. The lowest BCUT2D eigenvalue weighted by Crippen LogP contribution is -2.51. The van der Waals surface area contributed by atoms with Crippen molar-refractivity contribution in [3.05, 3.63) is 17.5 Å². The molecule has 1 aromatic rings. The van der Waals surface area contributed by atoms with Crippen LogP contribution < -0.4 is 5.32 Å². The molecule has 1 aliphatic heterocycles. The second-order valence-corrected chi connectivity index (χ2v) is 7.78. The highest BCUT2D eigenvalue weighted by atomic mass is 16.5. The van der Waals surface area contributed by atoms with Gasteiger partial charge in [-0.2, -0.15) is 5.10 Å². The Balaban J connectivity index is 1.59. The van der Waals surface area contributed by atoms with Gasteiger partial charge in [0.05, 0.1) is 25.4 Å². The fourth-order valence-corrected chi connectivity index (χ4v) is 3.49. The van der Waals surface area contributed by atoms with Gasteiger partial charge in [0.25, 0.3) is 5.91 Å². The van der Waals surface area contributed by atoms with Crippen LogP contribution in [0, 0.1) is 0 Å². The lowest BCUT2D eigenvalue weighted by molar-refractivity contribution is -0.0154. The maximum Gasteiger partial charge on any atom is 0.272 e. The molecule has 0 aromatic carbocycles. The van der Waals surface area contributed by atoms with Crippen LogP contribution in [-0.4, -0.2) is 70.6 Å². The van der Waals surface area contributed by atoms with Gasteiger partial charge < -0.3 is 15.2 Å². The van der Waals surface area contributed by atoms with E-state index in [1.165, 1.54) is 0 Å². The summed E-state index contributed by atoms with van der Waals surface area (Å²) in [6.45, 7) is 9.31. The number of aliphatic hydroxyl groups is 1. The van der Waals surface area contributed by atoms with Gasteiger partial charge in [0.1, 0.15) is 5.69 Å². The van der Waals surface area contributed by atoms with Crippen molar-refractivity contribution in [1.29, 1.82) is 0 Å². The van der Waals surface area contributed by atoms with Gasteiger partial charge in [-0.15, -0.1) is 0 Å². The van der Waals surface area contributed by atoms with Crippen LogP contribution in [0.3, 0.4) is 0 Å². The van der Waals surface area contributed by atoms with Crippen molar-refractivity contribution in [1.82, 2.24) is 20.4 Å². The van der Waals surface area contributed by atoms with E-state index in [-0.39, 0.29) is 23.4 Å². The zero-order valence-electron chi connectivity index (χ0n) is 14.7. The van der Waals surface area contributed by atoms with E-state index in [0.717, 1.165) is 31.6 Å². The van der Waals surface area contributed by atoms with Crippen molar-refractivity contribution < 1.29 is 14.6 Å². The first kappa shape index (κ1) is 17.4. The SMILES string of the molecule is CC(C)(C)c1cc(C(=O)N[C@@H]2CC[C@@H](N3CCOCC3)[C@@H]2O)n[nH]1. The fourth-order valence-electron chi connectivity index (χ4n) is 3.49. The molecule has 1 amide bonds. The molecule has 3 N–H and O–H groups in total. The molecule has 2 fully saturated rings. The van der Waals surface area contributed by atoms with E-state index < -0.39 is 6.10 Å². The molecule has 0 radical (unpaired) electrons. The van der Waals surface area contributed by atoms with E-state index in [0.29, 0.717) is 18.9 Å². The quantitative estimate of drug-likeness (QED) is 0.754. The number of carbonyl (C=O) groups is 1. The summed E-state index contributed by atoms with van der Waals surface area (Å²) in [5.74, 6) is -0.228. The van der Waals surface area contributed by atoms with Gasteiger partial charge in [0.2, 0.25) is 0 Å². The maximum absolute atomic E-state index is 12.4. The van der Waals surface area contributed by atoms with Crippen molar-refractivity contribution in [2.45, 2.75) is 57.2 Å². The topological polar surface area (TPSA) is 90.5 Å². The highest BCUT2D eigenvalue weighted by Crippen LogP contribution is 2.26. The van der Waals surface area contributed by atoms with Gasteiger partial charge in [-0.05, 0) is 18.9 Å². The molecule has 24 heavy (non-hydrogen) atoms. The number of hydrogen-bond acceptors (Lipinski definition) is 5. The average molecular weight is 336 g/mol. The van der Waals surface area contributed by atoms with Gasteiger partial charge in [-0.25, -0.2) is 0 Å². The highest BCUT2D eigenvalue weighted by molar-refractivity contribution is 5.92. The second kappa shape index (κ2) is 6.82. The van der Waals surface area contributed by atoms with Crippen LogP contribution in [0.2, 0.25) is 0 Å². The normalized spacial score (nSPS) is 28.9. The predicted octanol–water partition coefficient (Wildman–Crippen LogP) is 0.661. The minimum absolute atomic E-state index is 0.0835. The number of aliphatic hydroxyl groups excluding tert-OH is 1. The zero-order chi connectivity index (χ0) is 17.3. The lowest BCUT2D eigenvalue weighted by atomic mass is 9.92. The summed E-state index contributed by atoms with van der Waals surface area (Å²) in [5, 5.41) is 20.6. The van der Waals surface area contributed by atoms with E-state index >= 15 is 0 Å². The van der Waals surface area contributed by atoms with Crippen molar-refractivity contribution in [2.24, 2.45) is 0 Å². The number of morpholine rings is 1. The Morgan fingerprint density at radius 3 is 2.71 bits per heavy atom. The molecule has 2 heterocycles. The van der Waals surface area contributed by atoms with Gasteiger partial charge in [-0.1, -0.05) is 20.8 Å². The molecule has 1 aliphatic carbocycles. The van der Waals surface area contributed by atoms with Crippen molar-refractivity contribution in [3.63, 3.8) is 0 Å². The van der Waals surface area contributed by atoms with Crippen LogP contribution in [0.15, 0.2) is 6.07 Å². The lowest BCUT2D eigenvalue weighted by Gasteiger charge is -2.34. The average Bonchev–Trinajstić information content (AvgIpc) is 3.16. The first-order valence-corrected chi connectivity index (χ1v) is 8.73. The number of H-pyrrole nitrogens is 1. The Labute approximate surface area is 142 Å². The van der Waals surface area contributed by atoms with Crippen LogP contribution in [0.1, 0.15) is 49.8 Å². The van der Waals surface area contributed by atoms with Gasteiger partial charge in [0, 0.05) is 30.2 Å².